The molecule has 0 atom stereocenters. The Hall–Kier alpha value is -2.08. The molecule has 0 unspecified atom stereocenters. The van der Waals surface area contributed by atoms with Gasteiger partial charge in [0.15, 0.2) is 11.5 Å². The standard InChI is InChI=1S/C17H17BrFNO3/c1-10-6-11(4-5-14(10)19)17(21)20-9-12-7-15(22-2)16(23-3)8-13(12)18/h4-8H,9H2,1-3H3,(H,20,21). The van der Waals surface area contributed by atoms with E-state index in [1.54, 1.807) is 33.3 Å². The van der Waals surface area contributed by atoms with Gasteiger partial charge in [-0.2, -0.15) is 0 Å². The highest BCUT2D eigenvalue weighted by Gasteiger charge is 2.12. The van der Waals surface area contributed by atoms with Crippen LogP contribution in [-0.4, -0.2) is 20.1 Å². The summed E-state index contributed by atoms with van der Waals surface area (Å²) in [6, 6.07) is 7.84. The Kier molecular flexibility index (Phi) is 5.60. The van der Waals surface area contributed by atoms with Crippen molar-refractivity contribution < 1.29 is 18.7 Å². The SMILES string of the molecule is COc1cc(Br)c(CNC(=O)c2ccc(F)c(C)c2)cc1OC. The molecular weight excluding hydrogens is 365 g/mol. The maximum atomic E-state index is 13.3. The molecule has 122 valence electrons. The van der Waals surface area contributed by atoms with Crippen molar-refractivity contribution in [2.45, 2.75) is 13.5 Å². The molecule has 0 saturated carbocycles. The van der Waals surface area contributed by atoms with Crippen LogP contribution in [0.4, 0.5) is 4.39 Å². The highest BCUT2D eigenvalue weighted by molar-refractivity contribution is 9.10. The number of rotatable bonds is 5. The summed E-state index contributed by atoms with van der Waals surface area (Å²) in [6.07, 6.45) is 0. The molecule has 0 aliphatic heterocycles. The lowest BCUT2D eigenvalue weighted by Crippen LogP contribution is -2.23. The first-order chi connectivity index (χ1) is 11.0. The lowest BCUT2D eigenvalue weighted by Gasteiger charge is -2.13. The van der Waals surface area contributed by atoms with Crippen molar-refractivity contribution in [2.24, 2.45) is 0 Å². The highest BCUT2D eigenvalue weighted by Crippen LogP contribution is 2.33. The number of benzene rings is 2. The van der Waals surface area contributed by atoms with Gasteiger partial charge in [0.25, 0.3) is 5.91 Å². The van der Waals surface area contributed by atoms with E-state index in [0.29, 0.717) is 29.2 Å². The smallest absolute Gasteiger partial charge is 0.251 e. The van der Waals surface area contributed by atoms with Crippen LogP contribution in [0.3, 0.4) is 0 Å². The molecule has 0 aromatic heterocycles. The lowest BCUT2D eigenvalue weighted by molar-refractivity contribution is 0.0950. The number of ether oxygens (including phenoxy) is 2. The van der Waals surface area contributed by atoms with Crippen molar-refractivity contribution in [1.29, 1.82) is 0 Å². The average Bonchev–Trinajstić information content (AvgIpc) is 2.55. The van der Waals surface area contributed by atoms with Crippen molar-refractivity contribution in [2.75, 3.05) is 14.2 Å². The molecule has 23 heavy (non-hydrogen) atoms. The van der Waals surface area contributed by atoms with Gasteiger partial charge in [0.1, 0.15) is 5.82 Å². The van der Waals surface area contributed by atoms with E-state index in [9.17, 15) is 9.18 Å². The van der Waals surface area contributed by atoms with Gasteiger partial charge in [0.05, 0.1) is 14.2 Å². The maximum absolute atomic E-state index is 13.3. The van der Waals surface area contributed by atoms with Gasteiger partial charge in [-0.15, -0.1) is 0 Å². The van der Waals surface area contributed by atoms with Crippen LogP contribution in [0.25, 0.3) is 0 Å². The van der Waals surface area contributed by atoms with E-state index in [1.807, 2.05) is 0 Å². The molecule has 0 bridgehead atoms. The Balaban J connectivity index is 2.13. The van der Waals surface area contributed by atoms with Gasteiger partial charge in [-0.3, -0.25) is 4.79 Å². The number of methoxy groups -OCH3 is 2. The fraction of sp³-hybridized carbons (Fsp3) is 0.235. The summed E-state index contributed by atoms with van der Waals surface area (Å²) >= 11 is 3.44. The molecule has 0 aliphatic carbocycles. The predicted molar refractivity (Wildman–Crippen MR) is 89.6 cm³/mol. The van der Waals surface area contributed by atoms with E-state index in [0.717, 1.165) is 10.0 Å². The molecule has 0 fully saturated rings. The van der Waals surface area contributed by atoms with Gasteiger partial charge in [-0.1, -0.05) is 15.9 Å². The quantitative estimate of drug-likeness (QED) is 0.855. The Labute approximate surface area is 142 Å². The van der Waals surface area contributed by atoms with E-state index in [2.05, 4.69) is 21.2 Å². The van der Waals surface area contributed by atoms with Gasteiger partial charge in [0, 0.05) is 16.6 Å². The average molecular weight is 382 g/mol. The fourth-order valence-electron chi connectivity index (χ4n) is 2.10. The normalized spacial score (nSPS) is 10.3. The molecule has 0 heterocycles. The summed E-state index contributed by atoms with van der Waals surface area (Å²) in [5.74, 6) is 0.583. The number of carbonyl (C=O) groups excluding carboxylic acids is 1. The Morgan fingerprint density at radius 2 is 1.83 bits per heavy atom. The van der Waals surface area contributed by atoms with Crippen LogP contribution >= 0.6 is 15.9 Å². The summed E-state index contributed by atoms with van der Waals surface area (Å²) in [4.78, 5) is 12.2. The summed E-state index contributed by atoms with van der Waals surface area (Å²) in [5, 5.41) is 2.80. The van der Waals surface area contributed by atoms with Gasteiger partial charge >= 0.3 is 0 Å². The molecule has 2 aromatic rings. The molecule has 0 aliphatic rings. The second-order valence-electron chi connectivity index (χ2n) is 4.95. The van der Waals surface area contributed by atoms with Crippen molar-refractivity contribution >= 4 is 21.8 Å². The van der Waals surface area contributed by atoms with Crippen molar-refractivity contribution in [1.82, 2.24) is 5.32 Å². The predicted octanol–water partition coefficient (Wildman–Crippen LogP) is 3.84. The second kappa shape index (κ2) is 7.46. The van der Waals surface area contributed by atoms with E-state index in [4.69, 9.17) is 9.47 Å². The van der Waals surface area contributed by atoms with Crippen LogP contribution in [0.5, 0.6) is 11.5 Å². The van der Waals surface area contributed by atoms with Crippen LogP contribution in [0.1, 0.15) is 21.5 Å². The van der Waals surface area contributed by atoms with Gasteiger partial charge in [-0.05, 0) is 48.4 Å². The molecule has 0 saturated heterocycles. The molecule has 4 nitrogen and oxygen atoms in total. The molecule has 0 spiro atoms. The molecule has 1 N–H and O–H groups in total. The summed E-state index contributed by atoms with van der Waals surface area (Å²) in [5.41, 5.74) is 1.69. The number of carbonyl (C=O) groups is 1. The number of halogens is 2. The number of hydrogen-bond donors (Lipinski definition) is 1. The number of aryl methyl sites for hydroxylation is 1. The zero-order valence-electron chi connectivity index (χ0n) is 13.1. The summed E-state index contributed by atoms with van der Waals surface area (Å²) < 4.78 is 24.5. The first-order valence-corrected chi connectivity index (χ1v) is 7.70. The van der Waals surface area contributed by atoms with E-state index < -0.39 is 0 Å². The minimum atomic E-state index is -0.329. The minimum Gasteiger partial charge on any atom is -0.493 e. The minimum absolute atomic E-state index is 0.269. The molecular formula is C17H17BrFNO3. The van der Waals surface area contributed by atoms with Gasteiger partial charge in [0.2, 0.25) is 0 Å². The Bertz CT molecular complexity index is 734. The molecule has 0 radical (unpaired) electrons. The zero-order chi connectivity index (χ0) is 17.0. The highest BCUT2D eigenvalue weighted by atomic mass is 79.9. The lowest BCUT2D eigenvalue weighted by atomic mass is 10.1. The maximum Gasteiger partial charge on any atom is 0.251 e. The molecule has 6 heteroatoms. The van der Waals surface area contributed by atoms with Gasteiger partial charge < -0.3 is 14.8 Å². The van der Waals surface area contributed by atoms with Crippen molar-refractivity contribution in [3.63, 3.8) is 0 Å². The van der Waals surface area contributed by atoms with Crippen LogP contribution in [0.15, 0.2) is 34.8 Å². The largest absolute Gasteiger partial charge is 0.493 e. The number of hydrogen-bond acceptors (Lipinski definition) is 3. The molecule has 1 amide bonds. The fourth-order valence-corrected chi connectivity index (χ4v) is 2.56. The van der Waals surface area contributed by atoms with Crippen LogP contribution in [-0.2, 0) is 6.54 Å². The second-order valence-corrected chi connectivity index (χ2v) is 5.80. The van der Waals surface area contributed by atoms with Crippen LogP contribution in [0.2, 0.25) is 0 Å². The molecule has 2 aromatic carbocycles. The van der Waals surface area contributed by atoms with Gasteiger partial charge in [-0.25, -0.2) is 4.39 Å². The monoisotopic (exact) mass is 381 g/mol. The van der Waals surface area contributed by atoms with Crippen molar-refractivity contribution in [3.05, 3.63) is 57.3 Å². The summed E-state index contributed by atoms with van der Waals surface area (Å²) in [7, 11) is 3.11. The van der Waals surface area contributed by atoms with Crippen LogP contribution in [0, 0.1) is 12.7 Å². The Morgan fingerprint density at radius 1 is 1.17 bits per heavy atom. The third-order valence-electron chi connectivity index (χ3n) is 3.41. The number of amides is 1. The van der Waals surface area contributed by atoms with E-state index in [-0.39, 0.29) is 11.7 Å². The van der Waals surface area contributed by atoms with E-state index >= 15 is 0 Å². The van der Waals surface area contributed by atoms with Crippen molar-refractivity contribution in [3.8, 4) is 11.5 Å². The third-order valence-corrected chi connectivity index (χ3v) is 4.15. The first kappa shape index (κ1) is 17.3. The topological polar surface area (TPSA) is 47.6 Å². The Morgan fingerprint density at radius 3 is 2.43 bits per heavy atom. The number of nitrogens with one attached hydrogen (secondary N) is 1. The van der Waals surface area contributed by atoms with E-state index in [1.165, 1.54) is 18.2 Å². The molecule has 2 rings (SSSR count). The van der Waals surface area contributed by atoms with Crippen LogP contribution < -0.4 is 14.8 Å². The zero-order valence-corrected chi connectivity index (χ0v) is 14.7. The first-order valence-electron chi connectivity index (χ1n) is 6.91. The third kappa shape index (κ3) is 4.01. The summed E-state index contributed by atoms with van der Waals surface area (Å²) in [6.45, 7) is 1.92.